The van der Waals surface area contributed by atoms with Crippen molar-refractivity contribution >= 4 is 27.3 Å². The SMILES string of the molecule is CC(=O)/C=C(/C)O.[CH2-][n+]1ccc2ccccc2c1-c1[c-]cccc1.[Ir+3].[c-]1ccccc1-c1nccc2ccccc12. The number of aliphatic hydroxyl groups is 1. The van der Waals surface area contributed by atoms with Gasteiger partial charge < -0.3 is 14.7 Å². The minimum Gasteiger partial charge on any atom is -0.512 e. The Balaban J connectivity index is 0.000000181. The average Bonchev–Trinajstić information content (AvgIpc) is 2.98. The third-order valence-electron chi connectivity index (χ3n) is 5.95. The number of pyridine rings is 2. The van der Waals surface area contributed by atoms with Crippen LogP contribution in [0.25, 0.3) is 44.1 Å². The van der Waals surface area contributed by atoms with E-state index in [1.807, 2.05) is 83.7 Å². The van der Waals surface area contributed by atoms with Crippen molar-refractivity contribution in [3.05, 3.63) is 153 Å². The van der Waals surface area contributed by atoms with Gasteiger partial charge in [-0.2, -0.15) is 0 Å². The average molecular weight is 715 g/mol. The standard InChI is InChI=1S/C16H12N.C15H10N.C5H8O2.Ir/c1-17-12-11-13-7-5-6-10-15(13)16(17)14-8-3-2-4-9-14;1-2-7-13(8-3-1)15-14-9-5-4-6-12(14)10-11-16-15;1-4(6)3-5(2)7;/h2-8,10-12H,1H2;1-7,9-11H;3,6H,1-2H3;/q2*-1;;+3/b;;4-3-;. The number of benzene rings is 4. The second kappa shape index (κ2) is 15.3. The Morgan fingerprint density at radius 2 is 1.34 bits per heavy atom. The fourth-order valence-electron chi connectivity index (χ4n) is 4.27. The molecular formula is C36H30IrN2O2+. The van der Waals surface area contributed by atoms with E-state index in [1.54, 1.807) is 0 Å². The van der Waals surface area contributed by atoms with Gasteiger partial charge in [0.05, 0.1) is 12.0 Å². The van der Waals surface area contributed by atoms with E-state index in [4.69, 9.17) is 5.11 Å². The zero-order valence-corrected chi connectivity index (χ0v) is 25.3. The largest absolute Gasteiger partial charge is 3.00 e. The summed E-state index contributed by atoms with van der Waals surface area (Å²) in [6.07, 6.45) is 5.00. The van der Waals surface area contributed by atoms with Crippen molar-refractivity contribution in [3.8, 4) is 22.5 Å². The second-order valence-corrected chi connectivity index (χ2v) is 9.05. The van der Waals surface area contributed by atoms with Crippen molar-refractivity contribution in [1.82, 2.24) is 4.98 Å². The molecule has 1 N–H and O–H groups in total. The van der Waals surface area contributed by atoms with E-state index in [0.29, 0.717) is 0 Å². The van der Waals surface area contributed by atoms with E-state index in [9.17, 15) is 4.79 Å². The molecule has 0 saturated heterocycles. The van der Waals surface area contributed by atoms with Crippen LogP contribution in [0.4, 0.5) is 0 Å². The molecule has 0 atom stereocenters. The van der Waals surface area contributed by atoms with E-state index in [1.165, 1.54) is 41.5 Å². The Hall–Kier alpha value is -4.57. The van der Waals surface area contributed by atoms with Crippen molar-refractivity contribution in [2.45, 2.75) is 13.8 Å². The molecule has 0 aliphatic rings. The Kier molecular flexibility index (Phi) is 11.5. The summed E-state index contributed by atoms with van der Waals surface area (Å²) < 4.78 is 1.90. The number of fused-ring (bicyclic) bond motifs is 2. The first-order chi connectivity index (χ1) is 19.4. The molecular weight excluding hydrogens is 685 g/mol. The maximum Gasteiger partial charge on any atom is 3.00 e. The summed E-state index contributed by atoms with van der Waals surface area (Å²) in [5.74, 6) is -0.0625. The van der Waals surface area contributed by atoms with Crippen molar-refractivity contribution in [2.24, 2.45) is 0 Å². The van der Waals surface area contributed by atoms with Gasteiger partial charge in [-0.25, -0.2) is 0 Å². The predicted octanol–water partition coefficient (Wildman–Crippen LogP) is 7.97. The molecule has 0 saturated carbocycles. The molecule has 0 amide bonds. The summed E-state index contributed by atoms with van der Waals surface area (Å²) in [5, 5.41) is 13.2. The van der Waals surface area contributed by atoms with Crippen LogP contribution in [0.1, 0.15) is 13.8 Å². The molecule has 6 aromatic rings. The Labute approximate surface area is 255 Å². The number of rotatable bonds is 3. The third-order valence-corrected chi connectivity index (χ3v) is 5.95. The Morgan fingerprint density at radius 3 is 1.90 bits per heavy atom. The number of hydrogen-bond donors (Lipinski definition) is 1. The monoisotopic (exact) mass is 715 g/mol. The first-order valence-corrected chi connectivity index (χ1v) is 12.8. The molecule has 0 radical (unpaired) electrons. The van der Waals surface area contributed by atoms with Gasteiger partial charge in [-0.15, -0.1) is 66.2 Å². The number of carbonyl (C=O) groups excluding carboxylic acids is 1. The van der Waals surface area contributed by atoms with Gasteiger partial charge in [0, 0.05) is 24.7 Å². The maximum atomic E-state index is 10.0. The van der Waals surface area contributed by atoms with E-state index >= 15 is 0 Å². The molecule has 0 bridgehead atoms. The van der Waals surface area contributed by atoms with Gasteiger partial charge in [0.25, 0.3) is 0 Å². The Morgan fingerprint density at radius 1 is 0.780 bits per heavy atom. The van der Waals surface area contributed by atoms with Gasteiger partial charge in [-0.1, -0.05) is 54.1 Å². The zero-order chi connectivity index (χ0) is 28.3. The fraction of sp³-hybridized carbons (Fsp3) is 0.0556. The molecule has 6 rings (SSSR count). The van der Waals surface area contributed by atoms with Crippen LogP contribution in [0.5, 0.6) is 0 Å². The van der Waals surface area contributed by atoms with Crippen LogP contribution in [0.2, 0.25) is 0 Å². The minimum absolute atomic E-state index is 0. The van der Waals surface area contributed by atoms with E-state index in [-0.39, 0.29) is 31.6 Å². The number of ketones is 1. The topological polar surface area (TPSA) is 54.1 Å². The number of aromatic nitrogens is 2. The van der Waals surface area contributed by atoms with Crippen LogP contribution in [0.15, 0.2) is 133 Å². The summed E-state index contributed by atoms with van der Waals surface area (Å²) in [4.78, 5) is 14.5. The second-order valence-electron chi connectivity index (χ2n) is 9.05. The summed E-state index contributed by atoms with van der Waals surface area (Å²) in [5.41, 5.74) is 4.21. The number of nitrogens with zero attached hydrogens (tertiary/aromatic N) is 2. The molecule has 0 spiro atoms. The normalized spacial score (nSPS) is 10.4. The molecule has 41 heavy (non-hydrogen) atoms. The van der Waals surface area contributed by atoms with Gasteiger partial charge in [0.1, 0.15) is 5.69 Å². The number of hydrogen-bond acceptors (Lipinski definition) is 3. The molecule has 0 fully saturated rings. The van der Waals surface area contributed by atoms with Crippen molar-refractivity contribution in [1.29, 1.82) is 0 Å². The van der Waals surface area contributed by atoms with Crippen LogP contribution in [-0.4, -0.2) is 15.9 Å². The van der Waals surface area contributed by atoms with Crippen molar-refractivity contribution in [3.63, 3.8) is 0 Å². The first-order valence-electron chi connectivity index (χ1n) is 12.8. The molecule has 4 nitrogen and oxygen atoms in total. The summed E-state index contributed by atoms with van der Waals surface area (Å²) in [6, 6.07) is 43.1. The van der Waals surface area contributed by atoms with Crippen molar-refractivity contribution < 1.29 is 34.6 Å². The van der Waals surface area contributed by atoms with Gasteiger partial charge in [-0.05, 0) is 47.8 Å². The summed E-state index contributed by atoms with van der Waals surface area (Å²) >= 11 is 0. The van der Waals surface area contributed by atoms with Crippen LogP contribution in [-0.2, 0) is 24.9 Å². The predicted molar refractivity (Wildman–Crippen MR) is 162 cm³/mol. The van der Waals surface area contributed by atoms with E-state index < -0.39 is 0 Å². The molecule has 4 aromatic carbocycles. The summed E-state index contributed by atoms with van der Waals surface area (Å²) in [7, 11) is 4.04. The Bertz CT molecular complexity index is 1740. The van der Waals surface area contributed by atoms with E-state index in [0.717, 1.165) is 22.5 Å². The molecule has 204 valence electrons. The number of carbonyl (C=O) groups is 1. The molecule has 0 unspecified atom stereocenters. The maximum absolute atomic E-state index is 10.0. The van der Waals surface area contributed by atoms with Gasteiger partial charge >= 0.3 is 20.1 Å². The first kappa shape index (κ1) is 31.0. The van der Waals surface area contributed by atoms with E-state index in [2.05, 4.69) is 66.6 Å². The van der Waals surface area contributed by atoms with Gasteiger partial charge in [-0.3, -0.25) is 4.79 Å². The van der Waals surface area contributed by atoms with Crippen LogP contribution < -0.4 is 4.57 Å². The third kappa shape index (κ3) is 8.46. The van der Waals surface area contributed by atoms with Crippen molar-refractivity contribution in [2.75, 3.05) is 0 Å². The number of allylic oxidation sites excluding steroid dienone is 2. The molecule has 0 aliphatic carbocycles. The quantitative estimate of drug-likeness (QED) is 0.0876. The van der Waals surface area contributed by atoms with Gasteiger partial charge in [0.2, 0.25) is 0 Å². The zero-order valence-electron chi connectivity index (χ0n) is 22.9. The smallest absolute Gasteiger partial charge is 0.512 e. The molecule has 2 aromatic heterocycles. The fourth-order valence-corrected chi connectivity index (χ4v) is 4.27. The van der Waals surface area contributed by atoms with Crippen LogP contribution in [0.3, 0.4) is 0 Å². The molecule has 0 aliphatic heterocycles. The molecule has 5 heteroatoms. The van der Waals surface area contributed by atoms with Gasteiger partial charge in [0.15, 0.2) is 5.78 Å². The van der Waals surface area contributed by atoms with Crippen LogP contribution >= 0.6 is 0 Å². The molecule has 2 heterocycles. The number of aliphatic hydroxyl groups excluding tert-OH is 1. The minimum atomic E-state index is -0.125. The van der Waals surface area contributed by atoms with Crippen LogP contribution in [0, 0.1) is 19.2 Å². The summed E-state index contributed by atoms with van der Waals surface area (Å²) in [6.45, 7) is 2.85.